The van der Waals surface area contributed by atoms with Gasteiger partial charge in [-0.25, -0.2) is 9.78 Å². The number of aryl methyl sites for hydroxylation is 1. The SMILES string of the molecule is Cc1nc2c(OCC3CCCCC3)cccn2c1C(=O)NC(CN(C(=O)O)C(C)(C)C)c1ccccc1. The smallest absolute Gasteiger partial charge is 0.407 e. The van der Waals surface area contributed by atoms with Gasteiger partial charge < -0.3 is 20.1 Å². The van der Waals surface area contributed by atoms with E-state index in [4.69, 9.17) is 4.74 Å². The lowest BCUT2D eigenvalue weighted by Gasteiger charge is -2.36. The molecule has 3 aromatic rings. The first-order valence-electron chi connectivity index (χ1n) is 13.1. The van der Waals surface area contributed by atoms with Crippen LogP contribution < -0.4 is 10.1 Å². The van der Waals surface area contributed by atoms with E-state index in [2.05, 4.69) is 10.3 Å². The number of benzene rings is 1. The molecule has 1 unspecified atom stereocenters. The van der Waals surface area contributed by atoms with Crippen LogP contribution in [-0.2, 0) is 0 Å². The summed E-state index contributed by atoms with van der Waals surface area (Å²) in [5, 5.41) is 13.0. The highest BCUT2D eigenvalue weighted by Crippen LogP contribution is 2.28. The van der Waals surface area contributed by atoms with Crippen molar-refractivity contribution in [2.24, 2.45) is 5.92 Å². The fourth-order valence-corrected chi connectivity index (χ4v) is 5.07. The summed E-state index contributed by atoms with van der Waals surface area (Å²) in [7, 11) is 0. The molecule has 1 aromatic carbocycles. The molecule has 4 rings (SSSR count). The topological polar surface area (TPSA) is 96.2 Å². The molecule has 1 atom stereocenters. The van der Waals surface area contributed by atoms with Gasteiger partial charge in [0.05, 0.1) is 18.3 Å². The molecule has 2 aromatic heterocycles. The third-order valence-electron chi connectivity index (χ3n) is 7.12. The Balaban J connectivity index is 1.60. The Morgan fingerprint density at radius 3 is 2.49 bits per heavy atom. The number of amides is 2. The molecular formula is C29H38N4O4. The molecule has 0 radical (unpaired) electrons. The number of carboxylic acid groups (broad SMARTS) is 1. The van der Waals surface area contributed by atoms with E-state index in [-0.39, 0.29) is 12.5 Å². The van der Waals surface area contributed by atoms with Gasteiger partial charge in [0.1, 0.15) is 5.69 Å². The highest BCUT2D eigenvalue weighted by Gasteiger charge is 2.31. The Labute approximate surface area is 218 Å². The molecule has 8 nitrogen and oxygen atoms in total. The van der Waals surface area contributed by atoms with Gasteiger partial charge in [0.15, 0.2) is 11.4 Å². The van der Waals surface area contributed by atoms with Crippen molar-refractivity contribution in [3.8, 4) is 5.75 Å². The number of ether oxygens (including phenoxy) is 1. The van der Waals surface area contributed by atoms with Crippen LogP contribution >= 0.6 is 0 Å². The Kier molecular flexibility index (Phi) is 8.05. The quantitative estimate of drug-likeness (QED) is 0.399. The molecule has 198 valence electrons. The summed E-state index contributed by atoms with van der Waals surface area (Å²) >= 11 is 0. The van der Waals surface area contributed by atoms with E-state index >= 15 is 0 Å². The zero-order chi connectivity index (χ0) is 26.6. The molecule has 8 heteroatoms. The molecule has 2 amide bonds. The van der Waals surface area contributed by atoms with E-state index in [1.165, 1.54) is 37.0 Å². The minimum atomic E-state index is -1.03. The minimum Gasteiger partial charge on any atom is -0.489 e. The van der Waals surface area contributed by atoms with E-state index in [1.807, 2.05) is 76.4 Å². The van der Waals surface area contributed by atoms with E-state index in [0.717, 1.165) is 5.56 Å². The molecule has 1 aliphatic rings. The fourth-order valence-electron chi connectivity index (χ4n) is 5.07. The molecule has 1 saturated carbocycles. The first-order chi connectivity index (χ1) is 17.6. The maximum atomic E-state index is 13.7. The lowest BCUT2D eigenvalue weighted by molar-refractivity contribution is 0.0818. The van der Waals surface area contributed by atoms with Crippen LogP contribution in [0.15, 0.2) is 48.7 Å². The molecule has 1 fully saturated rings. The lowest BCUT2D eigenvalue weighted by atomic mass is 9.90. The first kappa shape index (κ1) is 26.5. The minimum absolute atomic E-state index is 0.111. The van der Waals surface area contributed by atoms with Gasteiger partial charge in [-0.1, -0.05) is 49.6 Å². The summed E-state index contributed by atoms with van der Waals surface area (Å²) in [6.45, 7) is 8.10. The van der Waals surface area contributed by atoms with Crippen molar-refractivity contribution in [1.82, 2.24) is 19.6 Å². The van der Waals surface area contributed by atoms with E-state index in [9.17, 15) is 14.7 Å². The lowest BCUT2D eigenvalue weighted by Crippen LogP contribution is -2.49. The Bertz CT molecular complexity index is 1230. The van der Waals surface area contributed by atoms with Gasteiger partial charge >= 0.3 is 6.09 Å². The normalized spacial score (nSPS) is 15.4. The van der Waals surface area contributed by atoms with Crippen molar-refractivity contribution < 1.29 is 19.4 Å². The number of pyridine rings is 1. The molecule has 2 heterocycles. The summed E-state index contributed by atoms with van der Waals surface area (Å²) < 4.78 is 7.95. The summed E-state index contributed by atoms with van der Waals surface area (Å²) in [6.07, 6.45) is 6.96. The standard InChI is InChI=1S/C29H38N4O4/c1-20-25(32-17-11-16-24(26(32)30-20)37-19-21-12-7-5-8-13-21)27(34)31-23(22-14-9-6-10-15-22)18-33(28(35)36)29(2,3)4/h6,9-11,14-17,21,23H,5,7-8,12-13,18-19H2,1-4H3,(H,31,34)(H,35,36). The molecule has 0 aliphatic heterocycles. The average molecular weight is 507 g/mol. The van der Waals surface area contributed by atoms with E-state index in [1.54, 1.807) is 4.40 Å². The van der Waals surface area contributed by atoms with Crippen LogP contribution in [0, 0.1) is 12.8 Å². The highest BCUT2D eigenvalue weighted by molar-refractivity contribution is 5.95. The highest BCUT2D eigenvalue weighted by atomic mass is 16.5. The number of carbonyl (C=O) groups excluding carboxylic acids is 1. The van der Waals surface area contributed by atoms with Crippen molar-refractivity contribution in [3.63, 3.8) is 0 Å². The van der Waals surface area contributed by atoms with Gasteiger partial charge in [0, 0.05) is 18.3 Å². The molecular weight excluding hydrogens is 468 g/mol. The molecule has 0 spiro atoms. The van der Waals surface area contributed by atoms with Crippen LogP contribution in [-0.4, -0.2) is 50.1 Å². The largest absolute Gasteiger partial charge is 0.489 e. The number of fused-ring (bicyclic) bond motifs is 1. The molecule has 1 aliphatic carbocycles. The van der Waals surface area contributed by atoms with Gasteiger partial charge in [-0.15, -0.1) is 0 Å². The second kappa shape index (κ2) is 11.2. The maximum absolute atomic E-state index is 13.7. The van der Waals surface area contributed by atoms with Crippen molar-refractivity contribution in [2.75, 3.05) is 13.2 Å². The summed E-state index contributed by atoms with van der Waals surface area (Å²) in [4.78, 5) is 31.7. The maximum Gasteiger partial charge on any atom is 0.407 e. The zero-order valence-electron chi connectivity index (χ0n) is 22.2. The number of carbonyl (C=O) groups is 2. The molecule has 2 N–H and O–H groups in total. The van der Waals surface area contributed by atoms with Gasteiger partial charge in [-0.2, -0.15) is 0 Å². The number of nitrogens with zero attached hydrogens (tertiary/aromatic N) is 3. The zero-order valence-corrected chi connectivity index (χ0v) is 22.2. The molecule has 0 saturated heterocycles. The summed E-state index contributed by atoms with van der Waals surface area (Å²) in [5.41, 5.74) is 1.81. The summed E-state index contributed by atoms with van der Waals surface area (Å²) in [6, 6.07) is 12.7. The van der Waals surface area contributed by atoms with Crippen LogP contribution in [0.3, 0.4) is 0 Å². The molecule has 0 bridgehead atoms. The second-order valence-corrected chi connectivity index (χ2v) is 10.9. The molecule has 37 heavy (non-hydrogen) atoms. The predicted octanol–water partition coefficient (Wildman–Crippen LogP) is 5.85. The van der Waals surface area contributed by atoms with Gasteiger partial charge in [0.2, 0.25) is 0 Å². The Morgan fingerprint density at radius 2 is 1.84 bits per heavy atom. The second-order valence-electron chi connectivity index (χ2n) is 10.9. The fraction of sp³-hybridized carbons (Fsp3) is 0.483. The van der Waals surface area contributed by atoms with Crippen molar-refractivity contribution in [2.45, 2.75) is 71.4 Å². The van der Waals surface area contributed by atoms with Crippen molar-refractivity contribution >= 4 is 17.6 Å². The number of aromatic nitrogens is 2. The number of hydrogen-bond acceptors (Lipinski definition) is 4. The Hall–Kier alpha value is -3.55. The van der Waals surface area contributed by atoms with Crippen LogP contribution in [0.4, 0.5) is 4.79 Å². The number of nitrogens with one attached hydrogen (secondary N) is 1. The van der Waals surface area contributed by atoms with Gasteiger partial charge in [-0.3, -0.25) is 9.20 Å². The van der Waals surface area contributed by atoms with E-state index < -0.39 is 17.7 Å². The van der Waals surface area contributed by atoms with Crippen LogP contribution in [0.2, 0.25) is 0 Å². The Morgan fingerprint density at radius 1 is 1.14 bits per heavy atom. The van der Waals surface area contributed by atoms with Gasteiger partial charge in [-0.05, 0) is 64.2 Å². The van der Waals surface area contributed by atoms with Gasteiger partial charge in [0.25, 0.3) is 5.91 Å². The van der Waals surface area contributed by atoms with Crippen LogP contribution in [0.5, 0.6) is 5.75 Å². The third kappa shape index (κ3) is 6.24. The average Bonchev–Trinajstić information content (AvgIpc) is 3.21. The number of rotatable bonds is 8. The number of hydrogen-bond donors (Lipinski definition) is 2. The van der Waals surface area contributed by atoms with Crippen molar-refractivity contribution in [3.05, 3.63) is 65.6 Å². The first-order valence-corrected chi connectivity index (χ1v) is 13.1. The van der Waals surface area contributed by atoms with Crippen LogP contribution in [0.1, 0.15) is 80.7 Å². The van der Waals surface area contributed by atoms with Crippen LogP contribution in [0.25, 0.3) is 5.65 Å². The summed E-state index contributed by atoms with van der Waals surface area (Å²) in [5.74, 6) is 0.904. The number of imidazole rings is 1. The van der Waals surface area contributed by atoms with E-state index in [0.29, 0.717) is 35.3 Å². The third-order valence-corrected chi connectivity index (χ3v) is 7.12. The monoisotopic (exact) mass is 506 g/mol. The van der Waals surface area contributed by atoms with Crippen molar-refractivity contribution in [1.29, 1.82) is 0 Å². The predicted molar refractivity (Wildman–Crippen MR) is 143 cm³/mol.